The molecule has 0 heterocycles. The number of phenolic OH excluding ortho intramolecular Hbond substituents is 1. The van der Waals surface area contributed by atoms with E-state index in [0.29, 0.717) is 17.7 Å². The van der Waals surface area contributed by atoms with Gasteiger partial charge in [0.1, 0.15) is 23.4 Å². The first-order chi connectivity index (χ1) is 17.6. The van der Waals surface area contributed by atoms with Crippen molar-refractivity contribution in [2.75, 3.05) is 19.7 Å². The van der Waals surface area contributed by atoms with Crippen molar-refractivity contribution in [2.24, 2.45) is 0 Å². The third-order valence-electron chi connectivity index (χ3n) is 5.49. The summed E-state index contributed by atoms with van der Waals surface area (Å²) in [5, 5.41) is 25.0. The van der Waals surface area contributed by atoms with E-state index in [-0.39, 0.29) is 31.2 Å². The van der Waals surface area contributed by atoms with Crippen LogP contribution in [0.15, 0.2) is 54.6 Å². The highest BCUT2D eigenvalue weighted by Gasteiger charge is 2.36. The standard InChI is InChI=1S/C28H39N3O6/c1-5-6-16-29-25(34)24(21-10-8-7-9-11-21)31(17-18-32)26(35)23(30-27(36)37-28(2,3)4)19-20-12-14-22(33)15-13-20/h7-15,23-24,32-33H,5-6,16-19H2,1-4H3,(H,29,34)(H,30,36). The highest BCUT2D eigenvalue weighted by molar-refractivity contribution is 5.92. The van der Waals surface area contributed by atoms with Crippen LogP contribution in [0.5, 0.6) is 5.75 Å². The molecular formula is C28H39N3O6. The quantitative estimate of drug-likeness (QED) is 0.323. The molecule has 0 aromatic heterocycles. The van der Waals surface area contributed by atoms with E-state index >= 15 is 0 Å². The molecular weight excluding hydrogens is 474 g/mol. The molecule has 3 amide bonds. The van der Waals surface area contributed by atoms with Crippen molar-refractivity contribution in [3.8, 4) is 5.75 Å². The summed E-state index contributed by atoms with van der Waals surface area (Å²) >= 11 is 0. The van der Waals surface area contributed by atoms with Crippen molar-refractivity contribution >= 4 is 17.9 Å². The molecule has 2 rings (SSSR count). The number of aliphatic hydroxyl groups excluding tert-OH is 1. The highest BCUT2D eigenvalue weighted by Crippen LogP contribution is 2.23. The smallest absolute Gasteiger partial charge is 0.408 e. The molecule has 202 valence electrons. The number of ether oxygens (including phenoxy) is 1. The van der Waals surface area contributed by atoms with Gasteiger partial charge in [-0.15, -0.1) is 0 Å². The van der Waals surface area contributed by atoms with E-state index in [9.17, 15) is 24.6 Å². The van der Waals surface area contributed by atoms with Crippen molar-refractivity contribution in [3.05, 3.63) is 65.7 Å². The molecule has 0 aliphatic carbocycles. The zero-order valence-corrected chi connectivity index (χ0v) is 22.1. The Hall–Kier alpha value is -3.59. The number of alkyl carbamates (subject to hydrolysis) is 1. The molecule has 37 heavy (non-hydrogen) atoms. The van der Waals surface area contributed by atoms with E-state index in [1.54, 1.807) is 57.2 Å². The molecule has 0 saturated heterocycles. The molecule has 0 aliphatic heterocycles. The number of carbonyl (C=O) groups excluding carboxylic acids is 3. The fraction of sp³-hybridized carbons (Fsp3) is 0.464. The number of hydrogen-bond donors (Lipinski definition) is 4. The van der Waals surface area contributed by atoms with Crippen LogP contribution in [-0.4, -0.2) is 64.4 Å². The van der Waals surface area contributed by atoms with E-state index in [1.165, 1.54) is 17.0 Å². The average Bonchev–Trinajstić information content (AvgIpc) is 2.84. The predicted octanol–water partition coefficient (Wildman–Crippen LogP) is 3.31. The Morgan fingerprint density at radius 2 is 1.68 bits per heavy atom. The van der Waals surface area contributed by atoms with Gasteiger partial charge < -0.3 is 30.5 Å². The molecule has 2 aromatic rings. The summed E-state index contributed by atoms with van der Waals surface area (Å²) < 4.78 is 5.38. The summed E-state index contributed by atoms with van der Waals surface area (Å²) in [5.41, 5.74) is 0.478. The van der Waals surface area contributed by atoms with Crippen LogP contribution in [0.2, 0.25) is 0 Å². The van der Waals surface area contributed by atoms with Gasteiger partial charge in [-0.2, -0.15) is 0 Å². The number of unbranched alkanes of at least 4 members (excludes halogenated alkanes) is 1. The van der Waals surface area contributed by atoms with E-state index in [2.05, 4.69) is 10.6 Å². The van der Waals surface area contributed by atoms with Gasteiger partial charge in [-0.3, -0.25) is 9.59 Å². The molecule has 2 atom stereocenters. The second-order valence-corrected chi connectivity index (χ2v) is 9.78. The van der Waals surface area contributed by atoms with Crippen LogP contribution in [0.1, 0.15) is 57.7 Å². The summed E-state index contributed by atoms with van der Waals surface area (Å²) in [5.74, 6) is -0.851. The number of nitrogens with zero attached hydrogens (tertiary/aromatic N) is 1. The summed E-state index contributed by atoms with van der Waals surface area (Å²) in [7, 11) is 0. The normalized spacial score (nSPS) is 12.8. The zero-order valence-electron chi connectivity index (χ0n) is 22.1. The van der Waals surface area contributed by atoms with Gasteiger partial charge in [0.25, 0.3) is 0 Å². The highest BCUT2D eigenvalue weighted by atomic mass is 16.6. The van der Waals surface area contributed by atoms with Gasteiger partial charge in [-0.1, -0.05) is 55.8 Å². The zero-order chi connectivity index (χ0) is 27.4. The van der Waals surface area contributed by atoms with E-state index in [1.807, 2.05) is 13.0 Å². The molecule has 0 radical (unpaired) electrons. The van der Waals surface area contributed by atoms with Crippen LogP contribution in [0.25, 0.3) is 0 Å². The lowest BCUT2D eigenvalue weighted by atomic mass is 10.00. The molecule has 9 nitrogen and oxygen atoms in total. The van der Waals surface area contributed by atoms with E-state index in [4.69, 9.17) is 4.74 Å². The summed E-state index contributed by atoms with van der Waals surface area (Å²) in [6, 6.07) is 13.0. The molecule has 0 spiro atoms. The minimum atomic E-state index is -1.10. The minimum absolute atomic E-state index is 0.0709. The van der Waals surface area contributed by atoms with Gasteiger partial charge in [-0.25, -0.2) is 4.79 Å². The number of hydrogen-bond acceptors (Lipinski definition) is 6. The Morgan fingerprint density at radius 3 is 2.24 bits per heavy atom. The molecule has 0 fully saturated rings. The Bertz CT molecular complexity index is 1000. The Morgan fingerprint density at radius 1 is 1.03 bits per heavy atom. The van der Waals surface area contributed by atoms with Gasteiger partial charge in [-0.05, 0) is 50.5 Å². The van der Waals surface area contributed by atoms with Gasteiger partial charge in [0.05, 0.1) is 6.61 Å². The lowest BCUT2D eigenvalue weighted by Gasteiger charge is -2.34. The largest absolute Gasteiger partial charge is 0.508 e. The van der Waals surface area contributed by atoms with Gasteiger partial charge in [0, 0.05) is 19.5 Å². The number of rotatable bonds is 12. The average molecular weight is 514 g/mol. The van der Waals surface area contributed by atoms with Gasteiger partial charge >= 0.3 is 6.09 Å². The van der Waals surface area contributed by atoms with Crippen LogP contribution in [-0.2, 0) is 20.7 Å². The number of aliphatic hydroxyl groups is 1. The van der Waals surface area contributed by atoms with Crippen LogP contribution >= 0.6 is 0 Å². The molecule has 2 unspecified atom stereocenters. The van der Waals surface area contributed by atoms with Gasteiger partial charge in [0.2, 0.25) is 11.8 Å². The minimum Gasteiger partial charge on any atom is -0.508 e. The molecule has 2 aromatic carbocycles. The third kappa shape index (κ3) is 9.76. The van der Waals surface area contributed by atoms with Crippen LogP contribution in [0.4, 0.5) is 4.79 Å². The SMILES string of the molecule is CCCCNC(=O)C(c1ccccc1)N(CCO)C(=O)C(Cc1ccc(O)cc1)NC(=O)OC(C)(C)C. The fourth-order valence-corrected chi connectivity index (χ4v) is 3.79. The topological polar surface area (TPSA) is 128 Å². The van der Waals surface area contributed by atoms with Crippen LogP contribution < -0.4 is 10.6 Å². The Labute approximate surface area is 218 Å². The maximum atomic E-state index is 14.0. The number of aromatic hydroxyl groups is 1. The molecule has 4 N–H and O–H groups in total. The van der Waals surface area contributed by atoms with Crippen molar-refractivity contribution < 1.29 is 29.3 Å². The van der Waals surface area contributed by atoms with E-state index < -0.39 is 29.7 Å². The summed E-state index contributed by atoms with van der Waals surface area (Å²) in [4.78, 5) is 41.3. The number of phenols is 1. The maximum absolute atomic E-state index is 14.0. The lowest BCUT2D eigenvalue weighted by Crippen LogP contribution is -2.54. The monoisotopic (exact) mass is 513 g/mol. The number of carbonyl (C=O) groups is 3. The van der Waals surface area contributed by atoms with Crippen molar-refractivity contribution in [3.63, 3.8) is 0 Å². The summed E-state index contributed by atoms with van der Waals surface area (Å²) in [6.45, 7) is 7.11. The first kappa shape index (κ1) is 29.6. The van der Waals surface area contributed by atoms with Crippen LogP contribution in [0.3, 0.4) is 0 Å². The Kier molecular flexibility index (Phi) is 11.4. The number of benzene rings is 2. The molecule has 0 aliphatic rings. The molecule has 0 bridgehead atoms. The van der Waals surface area contributed by atoms with Crippen molar-refractivity contribution in [1.29, 1.82) is 0 Å². The third-order valence-corrected chi connectivity index (χ3v) is 5.49. The lowest BCUT2D eigenvalue weighted by molar-refractivity contribution is -0.143. The predicted molar refractivity (Wildman–Crippen MR) is 141 cm³/mol. The maximum Gasteiger partial charge on any atom is 0.408 e. The second kappa shape index (κ2) is 14.2. The second-order valence-electron chi connectivity index (χ2n) is 9.78. The van der Waals surface area contributed by atoms with Crippen molar-refractivity contribution in [2.45, 2.75) is 64.6 Å². The van der Waals surface area contributed by atoms with Crippen LogP contribution in [0, 0.1) is 0 Å². The molecule has 9 heteroatoms. The van der Waals surface area contributed by atoms with Gasteiger partial charge in [0.15, 0.2) is 0 Å². The first-order valence-electron chi connectivity index (χ1n) is 12.6. The summed E-state index contributed by atoms with van der Waals surface area (Å²) in [6.07, 6.45) is 0.978. The first-order valence-corrected chi connectivity index (χ1v) is 12.6. The van der Waals surface area contributed by atoms with E-state index in [0.717, 1.165) is 12.8 Å². The Balaban J connectivity index is 2.45. The fourth-order valence-electron chi connectivity index (χ4n) is 3.79. The molecule has 0 saturated carbocycles. The number of amides is 3. The van der Waals surface area contributed by atoms with Crippen molar-refractivity contribution in [1.82, 2.24) is 15.5 Å². The number of nitrogens with one attached hydrogen (secondary N) is 2.